The number of amides is 1. The lowest BCUT2D eigenvalue weighted by Gasteiger charge is -2.43. The number of nitrogens with zero attached hydrogens (tertiary/aromatic N) is 2. The van der Waals surface area contributed by atoms with Gasteiger partial charge in [-0.1, -0.05) is 6.42 Å². The number of hydrogen-bond acceptors (Lipinski definition) is 5. The van der Waals surface area contributed by atoms with Gasteiger partial charge in [-0.15, -0.1) is 0 Å². The number of halogens is 3. The summed E-state index contributed by atoms with van der Waals surface area (Å²) in [7, 11) is -1.000. The number of alkyl halides is 3. The van der Waals surface area contributed by atoms with Gasteiger partial charge in [0.15, 0.2) is 0 Å². The number of aliphatic hydroxyl groups excluding tert-OH is 1. The van der Waals surface area contributed by atoms with Gasteiger partial charge < -0.3 is 14.7 Å². The van der Waals surface area contributed by atoms with Gasteiger partial charge in [-0.25, -0.2) is 8.42 Å². The van der Waals surface area contributed by atoms with E-state index in [4.69, 9.17) is 4.74 Å². The molecule has 1 N–H and O–H groups in total. The molecular weight excluding hydrogens is 485 g/mol. The normalized spacial score (nSPS) is 23.3. The van der Waals surface area contributed by atoms with E-state index in [1.54, 1.807) is 11.9 Å². The van der Waals surface area contributed by atoms with Crippen LogP contribution in [0.2, 0.25) is 0 Å². The zero-order valence-corrected chi connectivity index (χ0v) is 21.1. The summed E-state index contributed by atoms with van der Waals surface area (Å²) in [6.45, 7) is 0.0331. The molecule has 0 aliphatic heterocycles. The molecule has 0 unspecified atom stereocenters. The lowest BCUT2D eigenvalue weighted by molar-refractivity contribution is -0.148. The molecule has 0 heterocycles. The first-order chi connectivity index (χ1) is 16.4. The minimum Gasteiger partial charge on any atom is -0.393 e. The van der Waals surface area contributed by atoms with Gasteiger partial charge in [0.2, 0.25) is 15.9 Å². The summed E-state index contributed by atoms with van der Waals surface area (Å²) < 4.78 is 72.6. The van der Waals surface area contributed by atoms with E-state index in [1.165, 1.54) is 7.05 Å². The first kappa shape index (κ1) is 27.9. The van der Waals surface area contributed by atoms with Crippen molar-refractivity contribution in [2.24, 2.45) is 0 Å². The third-order valence-corrected chi connectivity index (χ3v) is 9.26. The highest BCUT2D eigenvalue weighted by atomic mass is 32.2. The van der Waals surface area contributed by atoms with Crippen LogP contribution in [0.4, 0.5) is 13.2 Å². The number of aliphatic hydroxyl groups is 1. The Morgan fingerprint density at radius 3 is 2.17 bits per heavy atom. The predicted molar refractivity (Wildman–Crippen MR) is 124 cm³/mol. The maximum Gasteiger partial charge on any atom is 0.416 e. The molecule has 0 spiro atoms. The first-order valence-electron chi connectivity index (χ1n) is 12.1. The van der Waals surface area contributed by atoms with E-state index in [2.05, 4.69) is 0 Å². The smallest absolute Gasteiger partial charge is 0.393 e. The van der Waals surface area contributed by atoms with Gasteiger partial charge in [-0.3, -0.25) is 4.79 Å². The van der Waals surface area contributed by atoms with Crippen molar-refractivity contribution >= 4 is 15.9 Å². The van der Waals surface area contributed by atoms with Crippen LogP contribution >= 0.6 is 0 Å². The molecule has 198 valence electrons. The average molecular weight is 521 g/mol. The van der Waals surface area contributed by atoms with Crippen molar-refractivity contribution in [3.8, 4) is 0 Å². The Bertz CT molecular complexity index is 954. The molecule has 0 bridgehead atoms. The third kappa shape index (κ3) is 6.55. The second kappa shape index (κ2) is 11.1. The fraction of sp³-hybridized carbons (Fsp3) is 0.708. The Morgan fingerprint density at radius 2 is 1.63 bits per heavy atom. The Balaban J connectivity index is 1.68. The van der Waals surface area contributed by atoms with E-state index in [0.717, 1.165) is 60.7 Å². The van der Waals surface area contributed by atoms with Crippen LogP contribution in [0.3, 0.4) is 0 Å². The Labute approximate surface area is 205 Å². The molecule has 0 aromatic heterocycles. The molecule has 1 aromatic carbocycles. The highest BCUT2D eigenvalue weighted by Crippen LogP contribution is 2.38. The van der Waals surface area contributed by atoms with Crippen molar-refractivity contribution < 1.29 is 36.2 Å². The lowest BCUT2D eigenvalue weighted by atomic mass is 9.91. The van der Waals surface area contributed by atoms with Crippen LogP contribution in [-0.2, 0) is 25.7 Å². The first-order valence-corrected chi connectivity index (χ1v) is 13.5. The van der Waals surface area contributed by atoms with Crippen molar-refractivity contribution in [3.63, 3.8) is 0 Å². The second-order valence-electron chi connectivity index (χ2n) is 9.57. The fourth-order valence-corrected chi connectivity index (χ4v) is 6.47. The summed E-state index contributed by atoms with van der Waals surface area (Å²) in [6, 6.07) is 3.51. The van der Waals surface area contributed by atoms with Crippen molar-refractivity contribution in [1.29, 1.82) is 0 Å². The molecule has 11 heteroatoms. The molecule has 0 saturated heterocycles. The minimum absolute atomic E-state index is 0.0331. The third-order valence-electron chi connectivity index (χ3n) is 7.34. The van der Waals surface area contributed by atoms with Crippen LogP contribution in [-0.4, -0.2) is 67.2 Å². The van der Waals surface area contributed by atoms with Gasteiger partial charge in [0.05, 0.1) is 29.6 Å². The number of hydrogen-bond donors (Lipinski definition) is 1. The van der Waals surface area contributed by atoms with Crippen LogP contribution in [0, 0.1) is 0 Å². The van der Waals surface area contributed by atoms with Gasteiger partial charge in [-0.2, -0.15) is 17.5 Å². The summed E-state index contributed by atoms with van der Waals surface area (Å²) in [4.78, 5) is 14.2. The highest BCUT2D eigenvalue weighted by Gasteiger charge is 2.44. The number of rotatable bonds is 8. The zero-order chi connectivity index (χ0) is 25.9. The summed E-state index contributed by atoms with van der Waals surface area (Å²) in [6.07, 6.45) is 1.30. The average Bonchev–Trinajstić information content (AvgIpc) is 2.83. The fourth-order valence-electron chi connectivity index (χ4n) is 5.00. The van der Waals surface area contributed by atoms with Gasteiger partial charge >= 0.3 is 6.18 Å². The molecule has 0 atom stereocenters. The van der Waals surface area contributed by atoms with E-state index in [-0.39, 0.29) is 36.0 Å². The van der Waals surface area contributed by atoms with Crippen LogP contribution in [0.1, 0.15) is 69.8 Å². The van der Waals surface area contributed by atoms with Crippen LogP contribution < -0.4 is 0 Å². The standard InChI is InChI=1S/C24H35F3N2O5S/c1-28(19-8-10-20(30)11-9-19)22(31)14-17-34-23(15-4-3-5-16-23)29(2)35(32,33)21-12-6-18(7-13-21)24(25,26)27/h6-7,12-13,19-20,30H,3-5,8-11,14-17H2,1-2H3. The van der Waals surface area contributed by atoms with E-state index in [0.29, 0.717) is 25.7 Å². The van der Waals surface area contributed by atoms with E-state index >= 15 is 0 Å². The number of benzene rings is 1. The largest absolute Gasteiger partial charge is 0.416 e. The van der Waals surface area contributed by atoms with Gasteiger partial charge in [0, 0.05) is 20.1 Å². The molecule has 2 fully saturated rings. The topological polar surface area (TPSA) is 87.2 Å². The van der Waals surface area contributed by atoms with Crippen molar-refractivity contribution in [2.75, 3.05) is 20.7 Å². The summed E-state index contributed by atoms with van der Waals surface area (Å²) >= 11 is 0. The molecule has 2 saturated carbocycles. The SMILES string of the molecule is CN(C(=O)CCOC1(N(C)S(=O)(=O)c2ccc(C(F)(F)F)cc2)CCCCC1)C1CCC(O)CC1. The van der Waals surface area contributed by atoms with Crippen molar-refractivity contribution in [1.82, 2.24) is 9.21 Å². The highest BCUT2D eigenvalue weighted by molar-refractivity contribution is 7.89. The molecule has 3 rings (SSSR count). The quantitative estimate of drug-likeness (QED) is 0.521. The Kier molecular flexibility index (Phi) is 8.88. The molecule has 35 heavy (non-hydrogen) atoms. The van der Waals surface area contributed by atoms with E-state index in [1.807, 2.05) is 0 Å². The Morgan fingerprint density at radius 1 is 1.06 bits per heavy atom. The number of carbonyl (C=O) groups is 1. The van der Waals surface area contributed by atoms with Crippen LogP contribution in [0.15, 0.2) is 29.2 Å². The summed E-state index contributed by atoms with van der Waals surface area (Å²) in [5.74, 6) is -0.106. The van der Waals surface area contributed by atoms with Crippen molar-refractivity contribution in [3.05, 3.63) is 29.8 Å². The predicted octanol–water partition coefficient (Wildman–Crippen LogP) is 4.15. The molecule has 1 amide bonds. The molecule has 2 aliphatic carbocycles. The number of ether oxygens (including phenoxy) is 1. The molecule has 7 nitrogen and oxygen atoms in total. The van der Waals surface area contributed by atoms with E-state index < -0.39 is 27.5 Å². The maximum atomic E-state index is 13.3. The van der Waals surface area contributed by atoms with Crippen LogP contribution in [0.25, 0.3) is 0 Å². The summed E-state index contributed by atoms with van der Waals surface area (Å²) in [5, 5.41) is 9.68. The number of carbonyl (C=O) groups excluding carboxylic acids is 1. The molecule has 1 aromatic rings. The number of sulfonamides is 1. The second-order valence-corrected chi connectivity index (χ2v) is 11.5. The molecule has 0 radical (unpaired) electrons. The van der Waals surface area contributed by atoms with Gasteiger partial charge in [0.1, 0.15) is 5.72 Å². The summed E-state index contributed by atoms with van der Waals surface area (Å²) in [5.41, 5.74) is -2.08. The lowest BCUT2D eigenvalue weighted by Crippen LogP contribution is -2.53. The Hall–Kier alpha value is -1.69. The zero-order valence-electron chi connectivity index (χ0n) is 20.3. The monoisotopic (exact) mass is 520 g/mol. The maximum absolute atomic E-state index is 13.3. The molecule has 2 aliphatic rings. The van der Waals surface area contributed by atoms with Gasteiger partial charge in [0.25, 0.3) is 0 Å². The molecular formula is C24H35F3N2O5S. The minimum atomic E-state index is -4.56. The van der Waals surface area contributed by atoms with E-state index in [9.17, 15) is 31.5 Å². The van der Waals surface area contributed by atoms with Crippen LogP contribution in [0.5, 0.6) is 0 Å². The van der Waals surface area contributed by atoms with Gasteiger partial charge in [-0.05, 0) is 75.6 Å². The van der Waals surface area contributed by atoms with Crippen molar-refractivity contribution in [2.45, 2.75) is 93.2 Å².